The quantitative estimate of drug-likeness (QED) is 0.533. The number of benzene rings is 1. The van der Waals surface area contributed by atoms with Gasteiger partial charge < -0.3 is 20.6 Å². The average molecular weight is 452 g/mol. The first-order chi connectivity index (χ1) is 15.8. The molecule has 1 aliphatic rings. The molecule has 3 heterocycles. The average Bonchev–Trinajstić information content (AvgIpc) is 3.18. The number of nitrogens with zero attached hydrogens (tertiary/aromatic N) is 3. The molecule has 172 valence electrons. The molecule has 1 amide bonds. The summed E-state index contributed by atoms with van der Waals surface area (Å²) in [5.41, 5.74) is 2.38. The van der Waals surface area contributed by atoms with Gasteiger partial charge in [0, 0.05) is 44.6 Å². The number of halogens is 1. The number of carbonyl (C=O) groups excluding carboxylic acids is 1. The molecule has 0 saturated carbocycles. The maximum absolute atomic E-state index is 14.7. The first kappa shape index (κ1) is 22.5. The van der Waals surface area contributed by atoms with E-state index >= 15 is 0 Å². The maximum atomic E-state index is 14.7. The van der Waals surface area contributed by atoms with Crippen molar-refractivity contribution in [3.05, 3.63) is 70.0 Å². The van der Waals surface area contributed by atoms with Crippen LogP contribution in [-0.2, 0) is 6.54 Å². The summed E-state index contributed by atoms with van der Waals surface area (Å²) in [6.45, 7) is 4.62. The number of carbonyl (C=O) groups is 1. The molecule has 4 rings (SSSR count). The van der Waals surface area contributed by atoms with Crippen LogP contribution in [0.15, 0.2) is 47.5 Å². The van der Waals surface area contributed by atoms with Crippen LogP contribution in [0.4, 0.5) is 21.6 Å². The van der Waals surface area contributed by atoms with Gasteiger partial charge in [-0.3, -0.25) is 19.1 Å². The lowest BCUT2D eigenvalue weighted by molar-refractivity contribution is 0.0924. The van der Waals surface area contributed by atoms with Gasteiger partial charge in [-0.15, -0.1) is 0 Å². The SMILES string of the molecule is Cc1ccc(F)c(-c2cc(Nc3ccncc3C(=O)NCC(C)O)c3n(c2=O)CCN3C)c1. The number of aliphatic hydroxyl groups is 1. The highest BCUT2D eigenvalue weighted by Gasteiger charge is 2.25. The number of likely N-dealkylation sites (N-methyl/N-ethyl adjacent to an activating group) is 1. The Balaban J connectivity index is 1.82. The largest absolute Gasteiger partial charge is 0.392 e. The molecule has 0 bridgehead atoms. The van der Waals surface area contributed by atoms with E-state index in [2.05, 4.69) is 15.6 Å². The molecule has 3 N–H and O–H groups in total. The molecule has 0 radical (unpaired) electrons. The minimum Gasteiger partial charge on any atom is -0.392 e. The van der Waals surface area contributed by atoms with Gasteiger partial charge in [-0.1, -0.05) is 11.6 Å². The van der Waals surface area contributed by atoms with Crippen molar-refractivity contribution in [3.8, 4) is 11.1 Å². The van der Waals surface area contributed by atoms with E-state index in [-0.39, 0.29) is 28.8 Å². The van der Waals surface area contributed by atoms with Crippen molar-refractivity contribution < 1.29 is 14.3 Å². The fourth-order valence-electron chi connectivity index (χ4n) is 3.93. The van der Waals surface area contributed by atoms with Gasteiger partial charge in [0.05, 0.1) is 28.6 Å². The van der Waals surface area contributed by atoms with Gasteiger partial charge in [-0.25, -0.2) is 4.39 Å². The molecule has 3 aromatic rings. The molecule has 9 heteroatoms. The normalized spacial score (nSPS) is 13.5. The molecule has 8 nitrogen and oxygen atoms in total. The highest BCUT2D eigenvalue weighted by molar-refractivity contribution is 6.00. The van der Waals surface area contributed by atoms with E-state index in [1.807, 2.05) is 18.9 Å². The summed E-state index contributed by atoms with van der Waals surface area (Å²) in [7, 11) is 1.87. The van der Waals surface area contributed by atoms with Crippen LogP contribution < -0.4 is 21.1 Å². The maximum Gasteiger partial charge on any atom is 0.260 e. The van der Waals surface area contributed by atoms with Crippen LogP contribution in [0, 0.1) is 12.7 Å². The Morgan fingerprint density at radius 2 is 2.00 bits per heavy atom. The molecule has 1 aromatic carbocycles. The molecule has 0 aliphatic carbocycles. The van der Waals surface area contributed by atoms with E-state index in [4.69, 9.17) is 0 Å². The highest BCUT2D eigenvalue weighted by Crippen LogP contribution is 2.35. The predicted octanol–water partition coefficient (Wildman–Crippen LogP) is 2.66. The van der Waals surface area contributed by atoms with Crippen molar-refractivity contribution in [3.63, 3.8) is 0 Å². The van der Waals surface area contributed by atoms with Crippen molar-refractivity contribution in [1.29, 1.82) is 0 Å². The molecule has 1 aliphatic heterocycles. The van der Waals surface area contributed by atoms with Gasteiger partial charge in [-0.2, -0.15) is 0 Å². The number of hydrogen-bond donors (Lipinski definition) is 3. The zero-order valence-corrected chi connectivity index (χ0v) is 18.7. The van der Waals surface area contributed by atoms with Gasteiger partial charge in [0.2, 0.25) is 0 Å². The summed E-state index contributed by atoms with van der Waals surface area (Å²) >= 11 is 0. The van der Waals surface area contributed by atoms with Gasteiger partial charge >= 0.3 is 0 Å². The zero-order chi connectivity index (χ0) is 23.7. The van der Waals surface area contributed by atoms with Crippen LogP contribution in [0.5, 0.6) is 0 Å². The fraction of sp³-hybridized carbons (Fsp3) is 0.292. The van der Waals surface area contributed by atoms with Crippen LogP contribution in [0.3, 0.4) is 0 Å². The Kier molecular flexibility index (Phi) is 6.15. The number of nitrogens with one attached hydrogen (secondary N) is 2. The van der Waals surface area contributed by atoms with Crippen molar-refractivity contribution in [2.24, 2.45) is 0 Å². The van der Waals surface area contributed by atoms with Crippen molar-refractivity contribution in [1.82, 2.24) is 14.9 Å². The standard InChI is InChI=1S/C24H26FN5O3/c1-14-4-5-19(25)16(10-14)17-11-21(23-29(3)8-9-30(23)24(17)33)28-20-6-7-26-13-18(20)22(32)27-12-15(2)31/h4-7,10-11,13,15,31H,8-9,12H2,1-3H3,(H,26,28)(H,27,32). The number of pyridine rings is 2. The zero-order valence-electron chi connectivity index (χ0n) is 18.7. The molecule has 0 fully saturated rings. The first-order valence-electron chi connectivity index (χ1n) is 10.7. The summed E-state index contributed by atoms with van der Waals surface area (Å²) < 4.78 is 16.3. The molecule has 1 atom stereocenters. The molecule has 0 spiro atoms. The number of aryl methyl sites for hydroxylation is 1. The minimum absolute atomic E-state index is 0.100. The second kappa shape index (κ2) is 9.03. The Labute approximate surface area is 190 Å². The van der Waals surface area contributed by atoms with E-state index in [1.54, 1.807) is 42.0 Å². The monoisotopic (exact) mass is 451 g/mol. The lowest BCUT2D eigenvalue weighted by Crippen LogP contribution is -2.31. The van der Waals surface area contributed by atoms with Gasteiger partial charge in [-0.05, 0) is 38.1 Å². The molecule has 1 unspecified atom stereocenters. The summed E-state index contributed by atoms with van der Waals surface area (Å²) in [6.07, 6.45) is 2.29. The minimum atomic E-state index is -0.688. The van der Waals surface area contributed by atoms with E-state index in [1.165, 1.54) is 12.3 Å². The molecule has 2 aromatic heterocycles. The first-order valence-corrected chi connectivity index (χ1v) is 10.7. The van der Waals surface area contributed by atoms with Crippen molar-refractivity contribution in [2.45, 2.75) is 26.5 Å². The Morgan fingerprint density at radius 3 is 2.76 bits per heavy atom. The molecule has 33 heavy (non-hydrogen) atoms. The lowest BCUT2D eigenvalue weighted by Gasteiger charge is -2.20. The summed E-state index contributed by atoms with van der Waals surface area (Å²) in [5, 5.41) is 15.4. The van der Waals surface area contributed by atoms with E-state index in [0.717, 1.165) is 5.56 Å². The van der Waals surface area contributed by atoms with Crippen LogP contribution in [0.2, 0.25) is 0 Å². The van der Waals surface area contributed by atoms with Crippen LogP contribution in [0.1, 0.15) is 22.8 Å². The van der Waals surface area contributed by atoms with Gasteiger partial charge in [0.15, 0.2) is 0 Å². The second-order valence-corrected chi connectivity index (χ2v) is 8.26. The predicted molar refractivity (Wildman–Crippen MR) is 126 cm³/mol. The van der Waals surface area contributed by atoms with E-state index < -0.39 is 17.8 Å². The van der Waals surface area contributed by atoms with E-state index in [0.29, 0.717) is 30.3 Å². The van der Waals surface area contributed by atoms with E-state index in [9.17, 15) is 19.1 Å². The topological polar surface area (TPSA) is 99.5 Å². The molecular formula is C24H26FN5O3. The highest BCUT2D eigenvalue weighted by atomic mass is 19.1. The van der Waals surface area contributed by atoms with Crippen LogP contribution in [-0.4, -0.2) is 46.8 Å². The number of rotatable bonds is 6. The smallest absolute Gasteiger partial charge is 0.260 e. The third-order valence-electron chi connectivity index (χ3n) is 5.59. The van der Waals surface area contributed by atoms with Crippen molar-refractivity contribution >= 4 is 23.1 Å². The Bertz CT molecular complexity index is 1270. The van der Waals surface area contributed by atoms with Gasteiger partial charge in [0.25, 0.3) is 11.5 Å². The third-order valence-corrected chi connectivity index (χ3v) is 5.59. The molecular weight excluding hydrogens is 425 g/mol. The van der Waals surface area contributed by atoms with Gasteiger partial charge in [0.1, 0.15) is 11.6 Å². The lowest BCUT2D eigenvalue weighted by atomic mass is 10.0. The summed E-state index contributed by atoms with van der Waals surface area (Å²) in [5.74, 6) is -0.212. The molecule has 0 saturated heterocycles. The Morgan fingerprint density at radius 1 is 1.21 bits per heavy atom. The van der Waals surface area contributed by atoms with Crippen LogP contribution in [0.25, 0.3) is 11.1 Å². The van der Waals surface area contributed by atoms with Crippen LogP contribution >= 0.6 is 0 Å². The summed E-state index contributed by atoms with van der Waals surface area (Å²) in [6, 6.07) is 7.95. The summed E-state index contributed by atoms with van der Waals surface area (Å²) in [4.78, 5) is 31.9. The number of fused-ring (bicyclic) bond motifs is 1. The third kappa shape index (κ3) is 4.45. The number of amides is 1. The number of aromatic nitrogens is 2. The fourth-order valence-corrected chi connectivity index (χ4v) is 3.93. The number of hydrogen-bond acceptors (Lipinski definition) is 6. The number of aliphatic hydroxyl groups excluding tert-OH is 1. The Hall–Kier alpha value is -3.72. The van der Waals surface area contributed by atoms with Crippen molar-refractivity contribution in [2.75, 3.05) is 30.4 Å². The number of anilines is 3. The second-order valence-electron chi connectivity index (χ2n) is 8.26.